The molecule has 1 fully saturated rings. The molecule has 0 aliphatic heterocycles. The topological polar surface area (TPSA) is 112 Å². The molecule has 258 valence electrons. The summed E-state index contributed by atoms with van der Waals surface area (Å²) in [5, 5.41) is 5.71. The number of imidazole rings is 1. The van der Waals surface area contributed by atoms with E-state index in [-0.39, 0.29) is 25.1 Å². The first kappa shape index (κ1) is 35.4. The van der Waals surface area contributed by atoms with Gasteiger partial charge in [0.15, 0.2) is 0 Å². The first-order chi connectivity index (χ1) is 23.9. The number of alkyl carbamates (subject to hydrolysis) is 1. The van der Waals surface area contributed by atoms with E-state index >= 15 is 0 Å². The molecule has 4 aromatic rings. The summed E-state index contributed by atoms with van der Waals surface area (Å²) in [6.45, 7) is 2.95. The molecule has 1 heterocycles. The average molecular weight is 665 g/mol. The van der Waals surface area contributed by atoms with Crippen molar-refractivity contribution >= 4 is 18.0 Å². The Bertz CT molecular complexity index is 1590. The fourth-order valence-electron chi connectivity index (χ4n) is 6.28. The molecule has 0 radical (unpaired) electrons. The maximum absolute atomic E-state index is 13.4. The lowest BCUT2D eigenvalue weighted by molar-refractivity contribution is -0.150. The molecule has 0 spiro atoms. The fourth-order valence-corrected chi connectivity index (χ4v) is 6.28. The molecule has 5 rings (SSSR count). The highest BCUT2D eigenvalue weighted by atomic mass is 16.5. The molecule has 0 saturated heterocycles. The Morgan fingerprint density at radius 2 is 1.39 bits per heavy atom. The highest BCUT2D eigenvalue weighted by Crippen LogP contribution is 2.32. The minimum absolute atomic E-state index is 0.103. The summed E-state index contributed by atoms with van der Waals surface area (Å²) in [6.07, 6.45) is 9.87. The Morgan fingerprint density at radius 3 is 2.02 bits per heavy atom. The average Bonchev–Trinajstić information content (AvgIpc) is 3.60. The molecular formula is C40H48N4O5. The summed E-state index contributed by atoms with van der Waals surface area (Å²) >= 11 is 0. The number of amides is 2. The van der Waals surface area contributed by atoms with E-state index in [4.69, 9.17) is 9.47 Å². The molecular weight excluding hydrogens is 616 g/mol. The number of nitrogens with zero attached hydrogens (tertiary/aromatic N) is 2. The van der Waals surface area contributed by atoms with E-state index in [2.05, 4.69) is 33.3 Å². The quantitative estimate of drug-likeness (QED) is 0.0989. The molecule has 0 bridgehead atoms. The third-order valence-corrected chi connectivity index (χ3v) is 9.21. The highest BCUT2D eigenvalue weighted by molar-refractivity contribution is 5.86. The summed E-state index contributed by atoms with van der Waals surface area (Å²) in [5.41, 5.74) is 3.56. The van der Waals surface area contributed by atoms with E-state index < -0.39 is 18.1 Å². The van der Waals surface area contributed by atoms with Crippen LogP contribution in [0.4, 0.5) is 4.79 Å². The zero-order valence-electron chi connectivity index (χ0n) is 28.3. The van der Waals surface area contributed by atoms with Gasteiger partial charge in [-0.3, -0.25) is 9.59 Å². The third kappa shape index (κ3) is 11.6. The van der Waals surface area contributed by atoms with Crippen molar-refractivity contribution in [1.29, 1.82) is 0 Å². The third-order valence-electron chi connectivity index (χ3n) is 9.21. The number of aromatic nitrogens is 2. The van der Waals surface area contributed by atoms with Crippen LogP contribution >= 0.6 is 0 Å². The molecule has 2 N–H and O–H groups in total. The second-order valence-corrected chi connectivity index (χ2v) is 13.1. The predicted octanol–water partition coefficient (Wildman–Crippen LogP) is 6.97. The zero-order chi connectivity index (χ0) is 34.3. The fraction of sp³-hybridized carbons (Fsp3) is 0.400. The molecule has 49 heavy (non-hydrogen) atoms. The molecule has 1 unspecified atom stereocenters. The Hall–Kier alpha value is -4.92. The van der Waals surface area contributed by atoms with Gasteiger partial charge in [-0.2, -0.15) is 0 Å². The van der Waals surface area contributed by atoms with Crippen LogP contribution in [0.1, 0.15) is 73.9 Å². The van der Waals surface area contributed by atoms with Crippen molar-refractivity contribution in [3.8, 4) is 0 Å². The van der Waals surface area contributed by atoms with Gasteiger partial charge in [-0.1, -0.05) is 97.9 Å². The van der Waals surface area contributed by atoms with Gasteiger partial charge in [0.1, 0.15) is 19.3 Å². The summed E-state index contributed by atoms with van der Waals surface area (Å²) in [7, 11) is 0. The number of carbonyl (C=O) groups is 3. The Labute approximate surface area is 289 Å². The van der Waals surface area contributed by atoms with Crippen molar-refractivity contribution in [3.05, 3.63) is 126 Å². The zero-order valence-corrected chi connectivity index (χ0v) is 28.3. The van der Waals surface area contributed by atoms with Crippen LogP contribution in [-0.4, -0.2) is 40.1 Å². The number of hydrogen-bond donors (Lipinski definition) is 2. The van der Waals surface area contributed by atoms with Crippen LogP contribution in [0.15, 0.2) is 104 Å². The number of esters is 1. The highest BCUT2D eigenvalue weighted by Gasteiger charge is 2.25. The SMILES string of the molecule is C[C@H]1CC[C@H](n2cnc(CC(CCCNC(=O)[C@H](Cc3ccccc3)NC(=O)OCc3ccccc3)C(=O)OCc3ccccc3)c2)CC1. The summed E-state index contributed by atoms with van der Waals surface area (Å²) in [5.74, 6) is -0.242. The van der Waals surface area contributed by atoms with Gasteiger partial charge >= 0.3 is 12.1 Å². The summed E-state index contributed by atoms with van der Waals surface area (Å²) < 4.78 is 13.4. The van der Waals surface area contributed by atoms with Crippen molar-refractivity contribution in [3.63, 3.8) is 0 Å². The number of nitrogens with one attached hydrogen (secondary N) is 2. The predicted molar refractivity (Wildman–Crippen MR) is 188 cm³/mol. The molecule has 9 nitrogen and oxygen atoms in total. The van der Waals surface area contributed by atoms with Crippen LogP contribution in [0.3, 0.4) is 0 Å². The lowest BCUT2D eigenvalue weighted by Gasteiger charge is -2.26. The molecule has 1 aliphatic rings. The molecule has 2 amide bonds. The van der Waals surface area contributed by atoms with Gasteiger partial charge in [-0.25, -0.2) is 9.78 Å². The van der Waals surface area contributed by atoms with Crippen molar-refractivity contribution in [2.24, 2.45) is 11.8 Å². The van der Waals surface area contributed by atoms with Gasteiger partial charge in [0.2, 0.25) is 5.91 Å². The van der Waals surface area contributed by atoms with E-state index in [1.165, 1.54) is 12.8 Å². The Kier molecular flexibility index (Phi) is 13.4. The van der Waals surface area contributed by atoms with Crippen LogP contribution in [0.2, 0.25) is 0 Å². The van der Waals surface area contributed by atoms with E-state index in [0.29, 0.717) is 38.3 Å². The van der Waals surface area contributed by atoms with Gasteiger partial charge in [0.25, 0.3) is 0 Å². The maximum Gasteiger partial charge on any atom is 0.408 e. The van der Waals surface area contributed by atoms with Crippen molar-refractivity contribution in [2.75, 3.05) is 6.54 Å². The lowest BCUT2D eigenvalue weighted by Crippen LogP contribution is -2.48. The minimum atomic E-state index is -0.830. The smallest absolute Gasteiger partial charge is 0.408 e. The van der Waals surface area contributed by atoms with Gasteiger partial charge in [0, 0.05) is 31.6 Å². The molecule has 9 heteroatoms. The largest absolute Gasteiger partial charge is 0.461 e. The van der Waals surface area contributed by atoms with Crippen molar-refractivity contribution in [1.82, 2.24) is 20.2 Å². The Morgan fingerprint density at radius 1 is 0.796 bits per heavy atom. The monoisotopic (exact) mass is 664 g/mol. The lowest BCUT2D eigenvalue weighted by atomic mass is 9.87. The van der Waals surface area contributed by atoms with Crippen LogP contribution in [0.5, 0.6) is 0 Å². The van der Waals surface area contributed by atoms with Crippen LogP contribution < -0.4 is 10.6 Å². The summed E-state index contributed by atoms with van der Waals surface area (Å²) in [4.78, 5) is 44.1. The van der Waals surface area contributed by atoms with E-state index in [1.807, 2.05) is 97.3 Å². The number of ether oxygens (including phenoxy) is 2. The van der Waals surface area contributed by atoms with Crippen LogP contribution in [0, 0.1) is 11.8 Å². The van der Waals surface area contributed by atoms with Gasteiger partial charge in [0.05, 0.1) is 17.9 Å². The Balaban J connectivity index is 1.17. The first-order valence-corrected chi connectivity index (χ1v) is 17.4. The maximum atomic E-state index is 13.4. The van der Waals surface area contributed by atoms with Gasteiger partial charge in [-0.15, -0.1) is 0 Å². The molecule has 1 aliphatic carbocycles. The number of carbonyl (C=O) groups excluding carboxylic acids is 3. The summed E-state index contributed by atoms with van der Waals surface area (Å²) in [6, 6.07) is 28.2. The van der Waals surface area contributed by atoms with E-state index in [1.54, 1.807) is 0 Å². The number of benzene rings is 3. The molecule has 1 aromatic heterocycles. The van der Waals surface area contributed by atoms with E-state index in [0.717, 1.165) is 41.1 Å². The number of rotatable bonds is 16. The normalized spacial score (nSPS) is 17.0. The van der Waals surface area contributed by atoms with Crippen LogP contribution in [0.25, 0.3) is 0 Å². The van der Waals surface area contributed by atoms with Crippen LogP contribution in [-0.2, 0) is 45.1 Å². The van der Waals surface area contributed by atoms with Crippen molar-refractivity contribution in [2.45, 2.75) is 83.6 Å². The molecule has 3 aromatic carbocycles. The van der Waals surface area contributed by atoms with Gasteiger partial charge < -0.3 is 24.7 Å². The van der Waals surface area contributed by atoms with E-state index in [9.17, 15) is 14.4 Å². The van der Waals surface area contributed by atoms with Gasteiger partial charge in [-0.05, 0) is 61.1 Å². The first-order valence-electron chi connectivity index (χ1n) is 17.4. The molecule has 1 saturated carbocycles. The second kappa shape index (κ2) is 18.6. The number of hydrogen-bond acceptors (Lipinski definition) is 6. The second-order valence-electron chi connectivity index (χ2n) is 13.1. The molecule has 2 atom stereocenters. The standard InChI is InChI=1S/C40H48N4O5/c1-30-19-21-36(22-20-30)44-26-35(42-29-44)25-34(39(46)48-27-32-14-7-3-8-15-32)18-11-23-41-38(45)37(24-31-12-5-2-6-13-31)43-40(47)49-28-33-16-9-4-10-17-33/h2-10,12-17,26,29-30,34,36-37H,11,18-25,27-28H2,1H3,(H,41,45)(H,43,47)/t30-,34?,36-,37-/m0/s1. The minimum Gasteiger partial charge on any atom is -0.461 e. The van der Waals surface area contributed by atoms with Crippen molar-refractivity contribution < 1.29 is 23.9 Å².